The lowest BCUT2D eigenvalue weighted by atomic mass is 9.81. The molecule has 1 aromatic heterocycles. The lowest BCUT2D eigenvalue weighted by Crippen LogP contribution is -2.32. The zero-order valence-corrected chi connectivity index (χ0v) is 18.4. The Hall–Kier alpha value is -4.54. The number of carbonyl (C=O) groups excluding carboxylic acids is 2. The molecule has 2 heterocycles. The van der Waals surface area contributed by atoms with E-state index in [0.717, 1.165) is 0 Å². The number of non-ortho nitro benzene ring substituents is 1. The minimum Gasteiger partial charge on any atom is -0.478 e. The number of hydrogen-bond acceptors (Lipinski definition) is 8. The number of carboxylic acids is 1. The van der Waals surface area contributed by atoms with Crippen molar-refractivity contribution in [3.8, 4) is 0 Å². The van der Waals surface area contributed by atoms with Crippen LogP contribution in [0.1, 0.15) is 28.8 Å². The van der Waals surface area contributed by atoms with Gasteiger partial charge in [-0.2, -0.15) is 0 Å². The number of amides is 1. The van der Waals surface area contributed by atoms with Gasteiger partial charge in [-0.25, -0.2) is 9.59 Å². The Morgan fingerprint density at radius 1 is 1.26 bits per heavy atom. The molecule has 3 rings (SSSR count). The summed E-state index contributed by atoms with van der Waals surface area (Å²) < 4.78 is 5.34. The molecule has 2 aromatic rings. The average molecular weight is 466 g/mol. The number of nitrogens with one attached hydrogen (secondary N) is 1. The van der Waals surface area contributed by atoms with Crippen molar-refractivity contribution in [1.29, 1.82) is 0 Å². The minimum atomic E-state index is -1.27. The van der Waals surface area contributed by atoms with Crippen molar-refractivity contribution in [3.05, 3.63) is 93.1 Å². The molecule has 0 saturated heterocycles. The molecule has 34 heavy (non-hydrogen) atoms. The molecule has 1 amide bonds. The third kappa shape index (κ3) is 5.26. The number of benzene rings is 1. The number of aromatic nitrogens is 1. The number of esters is 1. The Kier molecular flexibility index (Phi) is 7.36. The molecule has 1 unspecified atom stereocenters. The number of pyridine rings is 1. The van der Waals surface area contributed by atoms with Crippen LogP contribution < -0.4 is 5.32 Å². The largest absolute Gasteiger partial charge is 0.478 e. The number of aliphatic carboxylic acids is 1. The second-order valence-corrected chi connectivity index (χ2v) is 7.42. The number of carbonyl (C=O) groups is 3. The van der Waals surface area contributed by atoms with E-state index in [-0.39, 0.29) is 41.5 Å². The Balaban J connectivity index is 1.81. The highest BCUT2D eigenvalue weighted by molar-refractivity contribution is 5.98. The maximum absolute atomic E-state index is 13.1. The predicted molar refractivity (Wildman–Crippen MR) is 120 cm³/mol. The first kappa shape index (κ1) is 24.1. The van der Waals surface area contributed by atoms with E-state index in [1.807, 2.05) is 0 Å². The summed E-state index contributed by atoms with van der Waals surface area (Å²) in [6.07, 6.45) is 4.30. The Labute approximate surface area is 194 Å². The van der Waals surface area contributed by atoms with E-state index in [9.17, 15) is 29.6 Å². The van der Waals surface area contributed by atoms with Gasteiger partial charge in [0.25, 0.3) is 11.6 Å². The summed E-state index contributed by atoms with van der Waals surface area (Å²) in [4.78, 5) is 53.1. The van der Waals surface area contributed by atoms with Gasteiger partial charge in [-0.3, -0.25) is 19.9 Å². The van der Waals surface area contributed by atoms with Gasteiger partial charge in [0.05, 0.1) is 34.1 Å². The van der Waals surface area contributed by atoms with Crippen molar-refractivity contribution in [2.75, 3.05) is 20.2 Å². The average Bonchev–Trinajstić information content (AvgIpc) is 2.83. The first-order valence-electron chi connectivity index (χ1n) is 10.2. The molecule has 0 radical (unpaired) electrons. The maximum Gasteiger partial charge on any atom is 0.336 e. The summed E-state index contributed by atoms with van der Waals surface area (Å²) in [7, 11) is 1.59. The zero-order chi connectivity index (χ0) is 24.8. The number of hydrogen-bond donors (Lipinski definition) is 2. The van der Waals surface area contributed by atoms with Crippen LogP contribution in [0.3, 0.4) is 0 Å². The number of rotatable bonds is 8. The molecule has 1 atom stereocenters. The summed E-state index contributed by atoms with van der Waals surface area (Å²) in [5.74, 6) is -3.53. The van der Waals surface area contributed by atoms with E-state index in [0.29, 0.717) is 11.3 Å². The lowest BCUT2D eigenvalue weighted by Gasteiger charge is -2.31. The molecule has 0 fully saturated rings. The lowest BCUT2D eigenvalue weighted by molar-refractivity contribution is -0.384. The van der Waals surface area contributed by atoms with Gasteiger partial charge in [-0.15, -0.1) is 0 Å². The van der Waals surface area contributed by atoms with Crippen LogP contribution in [0.4, 0.5) is 5.69 Å². The number of ether oxygens (including phenoxy) is 1. The SMILES string of the molecule is CC1=C(C(=O)OCCNC(=O)c2cccnc2)C(c2cccc([N+](=O)[O-])c2)C(C(=O)O)=CN1C. The number of carboxylic acid groups (broad SMARTS) is 1. The second-order valence-electron chi connectivity index (χ2n) is 7.42. The van der Waals surface area contributed by atoms with Crippen LogP contribution in [0, 0.1) is 10.1 Å². The maximum atomic E-state index is 13.1. The highest BCUT2D eigenvalue weighted by Crippen LogP contribution is 2.39. The minimum absolute atomic E-state index is 0.0186. The second kappa shape index (κ2) is 10.4. The predicted octanol–water partition coefficient (Wildman–Crippen LogP) is 2.23. The van der Waals surface area contributed by atoms with Gasteiger partial charge in [0.15, 0.2) is 0 Å². The van der Waals surface area contributed by atoms with Crippen LogP contribution in [0.5, 0.6) is 0 Å². The normalized spacial score (nSPS) is 15.4. The highest BCUT2D eigenvalue weighted by atomic mass is 16.6. The molecule has 1 aliphatic heterocycles. The summed E-state index contributed by atoms with van der Waals surface area (Å²) in [6.45, 7) is 1.48. The van der Waals surface area contributed by atoms with Crippen molar-refractivity contribution < 1.29 is 29.2 Å². The smallest absolute Gasteiger partial charge is 0.336 e. The third-order valence-electron chi connectivity index (χ3n) is 5.28. The molecule has 2 N–H and O–H groups in total. The van der Waals surface area contributed by atoms with Crippen LogP contribution in [-0.4, -0.2) is 58.0 Å². The first-order valence-corrected chi connectivity index (χ1v) is 10.2. The monoisotopic (exact) mass is 466 g/mol. The molecule has 0 bridgehead atoms. The van der Waals surface area contributed by atoms with Crippen molar-refractivity contribution >= 4 is 23.5 Å². The molecule has 11 heteroatoms. The molecule has 11 nitrogen and oxygen atoms in total. The topological polar surface area (TPSA) is 152 Å². The molecule has 0 saturated carbocycles. The van der Waals surface area contributed by atoms with Crippen LogP contribution in [0.25, 0.3) is 0 Å². The highest BCUT2D eigenvalue weighted by Gasteiger charge is 2.37. The summed E-state index contributed by atoms with van der Waals surface area (Å²) in [5, 5.41) is 23.6. The van der Waals surface area contributed by atoms with E-state index >= 15 is 0 Å². The van der Waals surface area contributed by atoms with E-state index in [1.54, 1.807) is 26.1 Å². The van der Waals surface area contributed by atoms with Crippen LogP contribution in [0.15, 0.2) is 71.8 Å². The number of nitro benzene ring substituents is 1. The van der Waals surface area contributed by atoms with Crippen LogP contribution in [-0.2, 0) is 14.3 Å². The fraction of sp³-hybridized carbons (Fsp3) is 0.217. The van der Waals surface area contributed by atoms with Gasteiger partial charge >= 0.3 is 11.9 Å². The number of nitro groups is 1. The van der Waals surface area contributed by atoms with Crippen LogP contribution in [0.2, 0.25) is 0 Å². The van der Waals surface area contributed by atoms with Crippen molar-refractivity contribution in [2.24, 2.45) is 0 Å². The molecule has 0 spiro atoms. The van der Waals surface area contributed by atoms with Crippen molar-refractivity contribution in [3.63, 3.8) is 0 Å². The first-order chi connectivity index (χ1) is 16.2. The van der Waals surface area contributed by atoms with Gasteiger partial charge < -0.3 is 20.1 Å². The van der Waals surface area contributed by atoms with Gasteiger partial charge in [-0.05, 0) is 24.6 Å². The van der Waals surface area contributed by atoms with Crippen molar-refractivity contribution in [2.45, 2.75) is 12.8 Å². The third-order valence-corrected chi connectivity index (χ3v) is 5.28. The summed E-state index contributed by atoms with van der Waals surface area (Å²) in [5.41, 5.74) is 0.734. The fourth-order valence-corrected chi connectivity index (χ4v) is 3.53. The van der Waals surface area contributed by atoms with E-state index in [4.69, 9.17) is 4.74 Å². The van der Waals surface area contributed by atoms with Gasteiger partial charge in [0.2, 0.25) is 0 Å². The van der Waals surface area contributed by atoms with Crippen LogP contribution >= 0.6 is 0 Å². The quantitative estimate of drug-likeness (QED) is 0.258. The summed E-state index contributed by atoms with van der Waals surface area (Å²) >= 11 is 0. The Morgan fingerprint density at radius 3 is 2.68 bits per heavy atom. The Bertz CT molecular complexity index is 1190. The van der Waals surface area contributed by atoms with Gasteiger partial charge in [0, 0.05) is 43.5 Å². The number of allylic oxidation sites excluding steroid dienone is 1. The van der Waals surface area contributed by atoms with Gasteiger partial charge in [0.1, 0.15) is 6.61 Å². The molecule has 176 valence electrons. The van der Waals surface area contributed by atoms with E-state index in [2.05, 4.69) is 10.3 Å². The Morgan fingerprint density at radius 2 is 2.03 bits per heavy atom. The molecular weight excluding hydrogens is 444 g/mol. The molecular formula is C23H22N4O7. The number of nitrogens with zero attached hydrogens (tertiary/aromatic N) is 3. The molecule has 1 aliphatic rings. The fourth-order valence-electron chi connectivity index (χ4n) is 3.53. The van der Waals surface area contributed by atoms with Gasteiger partial charge in [-0.1, -0.05) is 12.1 Å². The molecule has 0 aliphatic carbocycles. The zero-order valence-electron chi connectivity index (χ0n) is 18.4. The van der Waals surface area contributed by atoms with E-state index in [1.165, 1.54) is 47.8 Å². The summed E-state index contributed by atoms with van der Waals surface area (Å²) in [6, 6.07) is 8.67. The van der Waals surface area contributed by atoms with E-state index < -0.39 is 22.8 Å². The standard InChI is InChI=1S/C23H22N4O7/c1-14-19(23(31)34-10-9-25-21(28)16-6-4-8-24-12-16)20(18(22(29)30)13-26(14)2)15-5-3-7-17(11-15)27(32)33/h3-8,11-13,20H,9-10H2,1-2H3,(H,25,28)(H,29,30). The van der Waals surface area contributed by atoms with Crippen molar-refractivity contribution in [1.82, 2.24) is 15.2 Å². The molecule has 1 aromatic carbocycles.